The molecule has 1 aromatic carbocycles. The Bertz CT molecular complexity index is 687. The van der Waals surface area contributed by atoms with Crippen LogP contribution in [0.1, 0.15) is 30.4 Å². The van der Waals surface area contributed by atoms with Crippen LogP contribution in [-0.4, -0.2) is 74.3 Å². The fraction of sp³-hybridized carbons (Fsp3) is 0.682. The number of piperidine rings is 1. The normalized spacial score (nSPS) is 21.7. The summed E-state index contributed by atoms with van der Waals surface area (Å²) in [5, 5.41) is 6.67. The van der Waals surface area contributed by atoms with E-state index in [9.17, 15) is 13.2 Å². The van der Waals surface area contributed by atoms with Crippen molar-refractivity contribution >= 4 is 29.9 Å². The van der Waals surface area contributed by atoms with E-state index in [-0.39, 0.29) is 30.0 Å². The minimum atomic E-state index is -4.14. The van der Waals surface area contributed by atoms with Crippen LogP contribution < -0.4 is 10.6 Å². The number of nitrogens with zero attached hydrogens (tertiary/aromatic N) is 3. The average molecular weight is 553 g/mol. The van der Waals surface area contributed by atoms with Crippen LogP contribution in [-0.2, 0) is 6.54 Å². The first-order valence-corrected chi connectivity index (χ1v) is 10.8. The van der Waals surface area contributed by atoms with E-state index in [0.717, 1.165) is 39.0 Å². The molecule has 2 aliphatic heterocycles. The lowest BCUT2D eigenvalue weighted by atomic mass is 9.96. The van der Waals surface area contributed by atoms with Gasteiger partial charge in [-0.3, -0.25) is 14.8 Å². The van der Waals surface area contributed by atoms with Gasteiger partial charge in [-0.1, -0.05) is 29.8 Å². The monoisotopic (exact) mass is 553 g/mol. The fourth-order valence-electron chi connectivity index (χ4n) is 4.28. The van der Waals surface area contributed by atoms with E-state index in [1.807, 2.05) is 0 Å². The van der Waals surface area contributed by atoms with Gasteiger partial charge in [-0.2, -0.15) is 13.2 Å². The number of nitrogens with one attached hydrogen (secondary N) is 2. The number of guanidine groups is 1. The molecule has 0 aromatic heterocycles. The van der Waals surface area contributed by atoms with Crippen molar-refractivity contribution in [1.82, 2.24) is 20.4 Å². The van der Waals surface area contributed by atoms with E-state index in [0.29, 0.717) is 31.4 Å². The zero-order valence-electron chi connectivity index (χ0n) is 18.4. The van der Waals surface area contributed by atoms with Crippen molar-refractivity contribution in [1.29, 1.82) is 0 Å². The van der Waals surface area contributed by atoms with Gasteiger partial charge in [-0.25, -0.2) is 0 Å². The van der Waals surface area contributed by atoms with Crippen LogP contribution in [0.3, 0.4) is 0 Å². The Hall–Kier alpha value is -1.07. The molecule has 1 aromatic rings. The molecule has 1 atom stereocenters. The molecule has 9 heteroatoms. The molecule has 0 saturated carbocycles. The maximum absolute atomic E-state index is 12.6. The van der Waals surface area contributed by atoms with E-state index >= 15 is 0 Å². The summed E-state index contributed by atoms with van der Waals surface area (Å²) in [6.45, 7) is 6.15. The van der Waals surface area contributed by atoms with Crippen molar-refractivity contribution in [2.75, 3.05) is 46.3 Å². The molecule has 3 rings (SSSR count). The molecular formula is C22H35F3IN5. The third kappa shape index (κ3) is 9.13. The number of benzene rings is 1. The number of hydrogen-bond acceptors (Lipinski definition) is 3. The Morgan fingerprint density at radius 3 is 2.32 bits per heavy atom. The minimum Gasteiger partial charge on any atom is -0.356 e. The molecule has 2 heterocycles. The Balaban J connectivity index is 0.00000341. The standard InChI is InChI=1S/C22H34F3N5.HI/c1-17-3-5-19(6-4-17)14-29-10-7-18(8-11-29)13-27-21(26-2)28-20-9-12-30(15-20)16-22(23,24)25;/h3-6,18,20H,7-16H2,1-2H3,(H2,26,27,28);1H. The lowest BCUT2D eigenvalue weighted by molar-refractivity contribution is -0.143. The van der Waals surface area contributed by atoms with Gasteiger partial charge < -0.3 is 10.6 Å². The van der Waals surface area contributed by atoms with Crippen molar-refractivity contribution in [2.24, 2.45) is 10.9 Å². The van der Waals surface area contributed by atoms with Gasteiger partial charge in [0.1, 0.15) is 0 Å². The molecule has 2 N–H and O–H groups in total. The van der Waals surface area contributed by atoms with Crippen LogP contribution >= 0.6 is 24.0 Å². The summed E-state index contributed by atoms with van der Waals surface area (Å²) in [6, 6.07) is 8.75. The van der Waals surface area contributed by atoms with E-state index < -0.39 is 12.7 Å². The number of hydrogen-bond donors (Lipinski definition) is 2. The number of halogens is 4. The smallest absolute Gasteiger partial charge is 0.356 e. The van der Waals surface area contributed by atoms with Gasteiger partial charge >= 0.3 is 6.18 Å². The highest BCUT2D eigenvalue weighted by atomic mass is 127. The summed E-state index contributed by atoms with van der Waals surface area (Å²) in [5.41, 5.74) is 2.65. The number of likely N-dealkylation sites (tertiary alicyclic amines) is 2. The summed E-state index contributed by atoms with van der Waals surface area (Å²) in [5.74, 6) is 1.28. The predicted molar refractivity (Wildman–Crippen MR) is 130 cm³/mol. The number of alkyl halides is 3. The van der Waals surface area contributed by atoms with Crippen LogP contribution in [0.2, 0.25) is 0 Å². The summed E-state index contributed by atoms with van der Waals surface area (Å²) >= 11 is 0. The third-order valence-corrected chi connectivity index (χ3v) is 6.03. The summed E-state index contributed by atoms with van der Waals surface area (Å²) in [4.78, 5) is 8.21. The maximum atomic E-state index is 12.6. The topological polar surface area (TPSA) is 42.9 Å². The van der Waals surface area contributed by atoms with E-state index in [1.165, 1.54) is 16.0 Å². The van der Waals surface area contributed by atoms with Crippen LogP contribution in [0.25, 0.3) is 0 Å². The first-order valence-electron chi connectivity index (χ1n) is 10.8. The molecule has 5 nitrogen and oxygen atoms in total. The molecule has 0 spiro atoms. The molecule has 0 amide bonds. The molecule has 0 bridgehead atoms. The van der Waals surface area contributed by atoms with Crippen molar-refractivity contribution in [3.8, 4) is 0 Å². The van der Waals surface area contributed by atoms with Crippen LogP contribution in [0.5, 0.6) is 0 Å². The van der Waals surface area contributed by atoms with Crippen LogP contribution in [0, 0.1) is 12.8 Å². The van der Waals surface area contributed by atoms with Gasteiger partial charge in [-0.15, -0.1) is 24.0 Å². The molecule has 31 heavy (non-hydrogen) atoms. The SMILES string of the molecule is CN=C(NCC1CCN(Cc2ccc(C)cc2)CC1)NC1CCN(CC(F)(F)F)C1.I. The third-order valence-electron chi connectivity index (χ3n) is 6.03. The summed E-state index contributed by atoms with van der Waals surface area (Å²) in [7, 11) is 1.71. The second-order valence-electron chi connectivity index (χ2n) is 8.64. The molecule has 0 radical (unpaired) electrons. The second kappa shape index (κ2) is 12.2. The first-order chi connectivity index (χ1) is 14.3. The van der Waals surface area contributed by atoms with Crippen LogP contribution in [0.4, 0.5) is 13.2 Å². The second-order valence-corrected chi connectivity index (χ2v) is 8.64. The summed E-state index contributed by atoms with van der Waals surface area (Å²) < 4.78 is 37.7. The fourth-order valence-corrected chi connectivity index (χ4v) is 4.28. The summed E-state index contributed by atoms with van der Waals surface area (Å²) in [6.07, 6.45) is -1.16. The molecule has 1 unspecified atom stereocenters. The van der Waals surface area contributed by atoms with Gasteiger partial charge in [0.2, 0.25) is 0 Å². The average Bonchev–Trinajstić information content (AvgIpc) is 3.13. The predicted octanol–water partition coefficient (Wildman–Crippen LogP) is 3.63. The highest BCUT2D eigenvalue weighted by molar-refractivity contribution is 14.0. The molecule has 0 aliphatic carbocycles. The van der Waals surface area contributed by atoms with Crippen molar-refractivity contribution in [3.63, 3.8) is 0 Å². The van der Waals surface area contributed by atoms with Crippen molar-refractivity contribution < 1.29 is 13.2 Å². The highest BCUT2D eigenvalue weighted by Crippen LogP contribution is 2.20. The quantitative estimate of drug-likeness (QED) is 0.321. The Morgan fingerprint density at radius 1 is 1.06 bits per heavy atom. The number of aryl methyl sites for hydroxylation is 1. The zero-order chi connectivity index (χ0) is 21.6. The molecule has 176 valence electrons. The van der Waals surface area contributed by atoms with Crippen molar-refractivity contribution in [3.05, 3.63) is 35.4 Å². The maximum Gasteiger partial charge on any atom is 0.401 e. The van der Waals surface area contributed by atoms with Gasteiger partial charge in [0.25, 0.3) is 0 Å². The zero-order valence-corrected chi connectivity index (χ0v) is 20.7. The number of rotatable bonds is 6. The van der Waals surface area contributed by atoms with Gasteiger partial charge in [0.15, 0.2) is 5.96 Å². The van der Waals surface area contributed by atoms with Gasteiger partial charge in [0, 0.05) is 39.3 Å². The van der Waals surface area contributed by atoms with Crippen LogP contribution in [0.15, 0.2) is 29.3 Å². The Kier molecular flexibility index (Phi) is 10.3. The molecule has 2 aliphatic rings. The lowest BCUT2D eigenvalue weighted by Crippen LogP contribution is -2.47. The molecule has 2 saturated heterocycles. The van der Waals surface area contributed by atoms with Gasteiger partial charge in [-0.05, 0) is 50.8 Å². The van der Waals surface area contributed by atoms with E-state index in [2.05, 4.69) is 51.7 Å². The van der Waals surface area contributed by atoms with Crippen molar-refractivity contribution in [2.45, 2.75) is 44.9 Å². The molecule has 2 fully saturated rings. The van der Waals surface area contributed by atoms with Gasteiger partial charge in [0.05, 0.1) is 6.54 Å². The Morgan fingerprint density at radius 2 is 1.71 bits per heavy atom. The lowest BCUT2D eigenvalue weighted by Gasteiger charge is -2.32. The van der Waals surface area contributed by atoms with E-state index in [4.69, 9.17) is 0 Å². The largest absolute Gasteiger partial charge is 0.401 e. The molecular weight excluding hydrogens is 518 g/mol. The highest BCUT2D eigenvalue weighted by Gasteiger charge is 2.34. The van der Waals surface area contributed by atoms with E-state index in [1.54, 1.807) is 7.05 Å². The minimum absolute atomic E-state index is 0. The Labute approximate surface area is 200 Å². The number of aliphatic imine (C=N–C) groups is 1. The first kappa shape index (κ1) is 26.2.